The van der Waals surface area contributed by atoms with Gasteiger partial charge in [0.1, 0.15) is 5.69 Å². The molecule has 0 aliphatic rings. The number of aliphatic hydroxyl groups is 1. The summed E-state index contributed by atoms with van der Waals surface area (Å²) >= 11 is 1.45. The fourth-order valence-electron chi connectivity index (χ4n) is 1.99. The van der Waals surface area contributed by atoms with Gasteiger partial charge in [-0.05, 0) is 11.4 Å². The number of ketones is 1. The zero-order chi connectivity index (χ0) is 14.7. The first-order chi connectivity index (χ1) is 10.3. The van der Waals surface area contributed by atoms with Crippen molar-refractivity contribution in [1.29, 1.82) is 0 Å². The third kappa shape index (κ3) is 2.76. The standard InChI is InChI=1S/C15H13N3O2S/c19-8-7-16-15-17-11-6-9-21-14(11)12(18-15)13(20)10-4-2-1-3-5-10/h1-6,9,19H,7-8H2,(H,16,17,18). The number of aromatic nitrogens is 2. The molecule has 0 bridgehead atoms. The molecule has 0 unspecified atom stereocenters. The van der Waals surface area contributed by atoms with Crippen molar-refractivity contribution in [3.8, 4) is 0 Å². The third-order valence-corrected chi connectivity index (χ3v) is 3.86. The highest BCUT2D eigenvalue weighted by atomic mass is 32.1. The van der Waals surface area contributed by atoms with Crippen LogP contribution in [-0.2, 0) is 0 Å². The minimum absolute atomic E-state index is 0.0208. The fourth-order valence-corrected chi connectivity index (χ4v) is 2.81. The van der Waals surface area contributed by atoms with Gasteiger partial charge in [-0.25, -0.2) is 9.97 Å². The number of anilines is 1. The SMILES string of the molecule is O=C(c1ccccc1)c1nc(NCCO)nc2ccsc12. The van der Waals surface area contributed by atoms with Crippen LogP contribution in [-0.4, -0.2) is 34.0 Å². The van der Waals surface area contributed by atoms with Gasteiger partial charge < -0.3 is 10.4 Å². The minimum Gasteiger partial charge on any atom is -0.395 e. The van der Waals surface area contributed by atoms with Crippen molar-refractivity contribution >= 4 is 33.3 Å². The molecule has 0 saturated heterocycles. The maximum absolute atomic E-state index is 12.6. The van der Waals surface area contributed by atoms with E-state index >= 15 is 0 Å². The average Bonchev–Trinajstić information content (AvgIpc) is 3.00. The lowest BCUT2D eigenvalue weighted by molar-refractivity contribution is 0.103. The molecule has 106 valence electrons. The number of hydrogen-bond donors (Lipinski definition) is 2. The first-order valence-corrected chi connectivity index (χ1v) is 7.37. The summed E-state index contributed by atoms with van der Waals surface area (Å²) in [6.07, 6.45) is 0. The Morgan fingerprint density at radius 1 is 1.19 bits per heavy atom. The van der Waals surface area contributed by atoms with Crippen molar-refractivity contribution in [3.63, 3.8) is 0 Å². The number of carbonyl (C=O) groups is 1. The van der Waals surface area contributed by atoms with Crippen molar-refractivity contribution in [2.45, 2.75) is 0 Å². The van der Waals surface area contributed by atoms with Crippen LogP contribution in [0.3, 0.4) is 0 Å². The van der Waals surface area contributed by atoms with Crippen molar-refractivity contribution in [2.75, 3.05) is 18.5 Å². The van der Waals surface area contributed by atoms with Gasteiger partial charge in [-0.15, -0.1) is 11.3 Å². The number of fused-ring (bicyclic) bond motifs is 1. The number of aliphatic hydroxyl groups excluding tert-OH is 1. The molecule has 3 rings (SSSR count). The fraction of sp³-hybridized carbons (Fsp3) is 0.133. The number of rotatable bonds is 5. The Bertz CT molecular complexity index is 771. The van der Waals surface area contributed by atoms with Gasteiger partial charge in [0.15, 0.2) is 0 Å². The van der Waals surface area contributed by atoms with Gasteiger partial charge >= 0.3 is 0 Å². The quantitative estimate of drug-likeness (QED) is 0.707. The first kappa shape index (κ1) is 13.7. The lowest BCUT2D eigenvalue weighted by Crippen LogP contribution is -2.12. The van der Waals surface area contributed by atoms with Crippen LogP contribution in [0.4, 0.5) is 5.95 Å². The van der Waals surface area contributed by atoms with E-state index < -0.39 is 0 Å². The molecule has 5 nitrogen and oxygen atoms in total. The topological polar surface area (TPSA) is 75.1 Å². The van der Waals surface area contributed by atoms with Crippen molar-refractivity contribution in [3.05, 3.63) is 53.0 Å². The highest BCUT2D eigenvalue weighted by molar-refractivity contribution is 7.17. The van der Waals surface area contributed by atoms with Crippen molar-refractivity contribution in [1.82, 2.24) is 9.97 Å². The number of thiophene rings is 1. The molecule has 0 fully saturated rings. The average molecular weight is 299 g/mol. The lowest BCUT2D eigenvalue weighted by Gasteiger charge is -2.06. The second kappa shape index (κ2) is 5.99. The molecular formula is C15H13N3O2S. The van der Waals surface area contributed by atoms with Crippen LogP contribution in [0.5, 0.6) is 0 Å². The highest BCUT2D eigenvalue weighted by Gasteiger charge is 2.17. The Kier molecular flexibility index (Phi) is 3.89. The monoisotopic (exact) mass is 299 g/mol. The Morgan fingerprint density at radius 2 is 2.00 bits per heavy atom. The highest BCUT2D eigenvalue weighted by Crippen LogP contribution is 2.25. The van der Waals surface area contributed by atoms with E-state index in [1.54, 1.807) is 12.1 Å². The van der Waals surface area contributed by atoms with Crippen molar-refractivity contribution < 1.29 is 9.90 Å². The van der Waals surface area contributed by atoms with Gasteiger partial charge in [0.05, 0.1) is 16.8 Å². The normalized spacial score (nSPS) is 10.7. The molecule has 0 radical (unpaired) electrons. The van der Waals surface area contributed by atoms with Gasteiger partial charge in [0, 0.05) is 12.1 Å². The summed E-state index contributed by atoms with van der Waals surface area (Å²) in [6.45, 7) is 0.321. The van der Waals surface area contributed by atoms with E-state index in [1.165, 1.54) is 11.3 Å². The molecular weight excluding hydrogens is 286 g/mol. The van der Waals surface area contributed by atoms with E-state index in [1.807, 2.05) is 29.6 Å². The third-order valence-electron chi connectivity index (χ3n) is 2.95. The van der Waals surface area contributed by atoms with Crippen molar-refractivity contribution in [2.24, 2.45) is 0 Å². The summed E-state index contributed by atoms with van der Waals surface area (Å²) in [5.74, 6) is 0.228. The lowest BCUT2D eigenvalue weighted by atomic mass is 10.1. The number of carbonyl (C=O) groups excluding carboxylic acids is 1. The van der Waals surface area contributed by atoms with Gasteiger partial charge in [-0.2, -0.15) is 0 Å². The Balaban J connectivity index is 2.07. The summed E-state index contributed by atoms with van der Waals surface area (Å²) in [4.78, 5) is 21.3. The molecule has 2 heterocycles. The second-order valence-corrected chi connectivity index (χ2v) is 5.29. The van der Waals surface area contributed by atoms with Gasteiger partial charge in [-0.3, -0.25) is 4.79 Å². The smallest absolute Gasteiger partial charge is 0.224 e. The predicted molar refractivity (Wildman–Crippen MR) is 82.9 cm³/mol. The molecule has 0 aliphatic heterocycles. The molecule has 6 heteroatoms. The Morgan fingerprint density at radius 3 is 2.76 bits per heavy atom. The molecule has 0 aliphatic carbocycles. The number of benzene rings is 1. The van der Waals surface area contributed by atoms with Crippen LogP contribution in [0.15, 0.2) is 41.8 Å². The summed E-state index contributed by atoms with van der Waals surface area (Å²) in [5, 5.41) is 13.7. The molecule has 0 spiro atoms. The minimum atomic E-state index is -0.127. The molecule has 3 aromatic rings. The van der Waals surface area contributed by atoms with Gasteiger partial charge in [-0.1, -0.05) is 30.3 Å². The Hall–Kier alpha value is -2.31. The molecule has 0 amide bonds. The zero-order valence-corrected chi connectivity index (χ0v) is 11.9. The predicted octanol–water partition coefficient (Wildman–Crippen LogP) is 2.33. The molecule has 0 atom stereocenters. The second-order valence-electron chi connectivity index (χ2n) is 4.38. The maximum atomic E-state index is 12.6. The van der Waals surface area contributed by atoms with E-state index in [0.29, 0.717) is 23.8 Å². The van der Waals surface area contributed by atoms with E-state index in [9.17, 15) is 4.79 Å². The summed E-state index contributed by atoms with van der Waals surface area (Å²) < 4.78 is 0.776. The molecule has 1 aromatic carbocycles. The molecule has 0 saturated carbocycles. The van der Waals surface area contributed by atoms with E-state index in [0.717, 1.165) is 10.2 Å². The van der Waals surface area contributed by atoms with Crippen LogP contribution in [0, 0.1) is 0 Å². The van der Waals surface area contributed by atoms with Crippen LogP contribution in [0.25, 0.3) is 10.2 Å². The molecule has 2 N–H and O–H groups in total. The number of nitrogens with zero attached hydrogens (tertiary/aromatic N) is 2. The van der Waals surface area contributed by atoms with Crippen LogP contribution >= 0.6 is 11.3 Å². The van der Waals surface area contributed by atoms with E-state index in [2.05, 4.69) is 15.3 Å². The number of hydrogen-bond acceptors (Lipinski definition) is 6. The van der Waals surface area contributed by atoms with Crippen LogP contribution in [0.1, 0.15) is 16.1 Å². The van der Waals surface area contributed by atoms with E-state index in [4.69, 9.17) is 5.11 Å². The van der Waals surface area contributed by atoms with E-state index in [-0.39, 0.29) is 12.4 Å². The summed E-state index contributed by atoms with van der Waals surface area (Å²) in [6, 6.07) is 10.9. The zero-order valence-electron chi connectivity index (χ0n) is 11.1. The largest absolute Gasteiger partial charge is 0.395 e. The number of nitrogens with one attached hydrogen (secondary N) is 1. The van der Waals surface area contributed by atoms with Gasteiger partial charge in [0.2, 0.25) is 11.7 Å². The summed E-state index contributed by atoms with van der Waals surface area (Å²) in [5.41, 5.74) is 1.72. The first-order valence-electron chi connectivity index (χ1n) is 6.49. The van der Waals surface area contributed by atoms with Crippen LogP contribution < -0.4 is 5.32 Å². The van der Waals surface area contributed by atoms with Gasteiger partial charge in [0.25, 0.3) is 0 Å². The van der Waals surface area contributed by atoms with Crippen LogP contribution in [0.2, 0.25) is 0 Å². The Labute approximate surface area is 125 Å². The molecule has 21 heavy (non-hydrogen) atoms. The summed E-state index contributed by atoms with van der Waals surface area (Å²) in [7, 11) is 0. The maximum Gasteiger partial charge on any atom is 0.224 e. The molecule has 2 aromatic heterocycles.